The van der Waals surface area contributed by atoms with Gasteiger partial charge in [0.2, 0.25) is 0 Å². The van der Waals surface area contributed by atoms with Crippen molar-refractivity contribution in [2.24, 2.45) is 0 Å². The molecule has 0 aromatic rings. The van der Waals surface area contributed by atoms with Crippen LogP contribution in [0.4, 0.5) is 13.2 Å². The number of halogens is 3. The number of hydrogen-bond acceptors (Lipinski definition) is 7. The van der Waals surface area contributed by atoms with Gasteiger partial charge in [0.15, 0.2) is 6.29 Å². The number of hydrogen-bond donors (Lipinski definition) is 4. The summed E-state index contributed by atoms with van der Waals surface area (Å²) in [7, 11) is 1.36. The highest BCUT2D eigenvalue weighted by Gasteiger charge is 2.49. The van der Waals surface area contributed by atoms with Crippen LogP contribution in [0.2, 0.25) is 0 Å². The summed E-state index contributed by atoms with van der Waals surface area (Å²) >= 11 is 0. The maximum atomic E-state index is 12.3. The molecule has 1 fully saturated rings. The van der Waals surface area contributed by atoms with Crippen LogP contribution in [-0.2, 0) is 19.0 Å². The molecule has 8 nitrogen and oxygen atoms in total. The molecule has 0 bridgehead atoms. The first-order valence-electron chi connectivity index (χ1n) is 6.33. The van der Waals surface area contributed by atoms with E-state index in [9.17, 15) is 28.2 Å². The first-order valence-corrected chi connectivity index (χ1v) is 6.33. The molecule has 0 aromatic heterocycles. The lowest BCUT2D eigenvalue weighted by atomic mass is 9.97. The van der Waals surface area contributed by atoms with Crippen LogP contribution in [0, 0.1) is 0 Å². The van der Waals surface area contributed by atoms with Crippen LogP contribution >= 0.6 is 0 Å². The van der Waals surface area contributed by atoms with Crippen LogP contribution in [0.3, 0.4) is 0 Å². The van der Waals surface area contributed by atoms with Crippen LogP contribution in [0.25, 0.3) is 0 Å². The van der Waals surface area contributed by atoms with E-state index in [2.05, 4.69) is 0 Å². The van der Waals surface area contributed by atoms with Crippen molar-refractivity contribution in [2.75, 3.05) is 26.9 Å². The number of carbonyl (C=O) groups is 1. The summed E-state index contributed by atoms with van der Waals surface area (Å²) in [6, 6.07) is -1.66. The molecular formula is C11H18F3NO7. The van der Waals surface area contributed by atoms with Crippen LogP contribution in [0.1, 0.15) is 0 Å². The number of methoxy groups -OCH3 is 1. The molecule has 1 heterocycles. The summed E-state index contributed by atoms with van der Waals surface area (Å²) in [6.45, 7) is -0.703. The Hall–Kier alpha value is -0.980. The van der Waals surface area contributed by atoms with E-state index in [4.69, 9.17) is 19.3 Å². The van der Waals surface area contributed by atoms with Crippen LogP contribution < -0.4 is 5.32 Å². The smallest absolute Gasteiger partial charge is 0.394 e. The molecular weight excluding hydrogens is 315 g/mol. The zero-order valence-electron chi connectivity index (χ0n) is 11.6. The summed E-state index contributed by atoms with van der Waals surface area (Å²) in [4.78, 5) is 11.0. The SMILES string of the molecule is COCCO[C@@H]1O[C@H](CO)[C@H](O)[C@H](O)[C@H]1NC(=O)C(F)(F)F. The summed E-state index contributed by atoms with van der Waals surface area (Å²) in [5, 5.41) is 30.0. The van der Waals surface area contributed by atoms with Gasteiger partial charge in [-0.25, -0.2) is 0 Å². The van der Waals surface area contributed by atoms with Gasteiger partial charge in [-0.2, -0.15) is 13.2 Å². The topological polar surface area (TPSA) is 117 Å². The van der Waals surface area contributed by atoms with Crippen molar-refractivity contribution in [1.82, 2.24) is 5.32 Å². The molecule has 22 heavy (non-hydrogen) atoms. The van der Waals surface area contributed by atoms with E-state index in [-0.39, 0.29) is 13.2 Å². The highest BCUT2D eigenvalue weighted by atomic mass is 19.4. The molecule has 130 valence electrons. The highest BCUT2D eigenvalue weighted by molar-refractivity contribution is 5.82. The first-order chi connectivity index (χ1) is 10.2. The second-order valence-corrected chi connectivity index (χ2v) is 4.57. The lowest BCUT2D eigenvalue weighted by molar-refractivity contribution is -0.273. The maximum Gasteiger partial charge on any atom is 0.471 e. The minimum Gasteiger partial charge on any atom is -0.394 e. The van der Waals surface area contributed by atoms with Gasteiger partial charge in [0.25, 0.3) is 0 Å². The van der Waals surface area contributed by atoms with E-state index in [0.717, 1.165) is 0 Å². The predicted octanol–water partition coefficient (Wildman–Crippen LogP) is -1.86. The van der Waals surface area contributed by atoms with E-state index in [1.807, 2.05) is 0 Å². The lowest BCUT2D eigenvalue weighted by Gasteiger charge is -2.42. The molecule has 1 aliphatic heterocycles. The quantitative estimate of drug-likeness (QED) is 0.421. The molecule has 0 radical (unpaired) electrons. The molecule has 0 unspecified atom stereocenters. The third kappa shape index (κ3) is 4.76. The summed E-state index contributed by atoms with van der Waals surface area (Å²) in [6.07, 6.45) is -11.4. The van der Waals surface area contributed by atoms with Crippen molar-refractivity contribution >= 4 is 5.91 Å². The average Bonchev–Trinajstić information content (AvgIpc) is 2.45. The summed E-state index contributed by atoms with van der Waals surface area (Å²) < 4.78 is 51.8. The number of carbonyl (C=O) groups excluding carboxylic acids is 1. The molecule has 0 aromatic carbocycles. The fourth-order valence-corrected chi connectivity index (χ4v) is 1.86. The Morgan fingerprint density at radius 1 is 1.27 bits per heavy atom. The number of alkyl halides is 3. The Morgan fingerprint density at radius 2 is 1.91 bits per heavy atom. The van der Waals surface area contributed by atoms with E-state index in [1.54, 1.807) is 0 Å². The fraction of sp³-hybridized carbons (Fsp3) is 0.909. The van der Waals surface area contributed by atoms with Gasteiger partial charge in [0.05, 0.1) is 19.8 Å². The Bertz CT molecular complexity index is 368. The molecule has 0 spiro atoms. The van der Waals surface area contributed by atoms with Gasteiger partial charge in [-0.05, 0) is 0 Å². The van der Waals surface area contributed by atoms with Gasteiger partial charge < -0.3 is 34.8 Å². The van der Waals surface area contributed by atoms with Crippen molar-refractivity contribution in [3.8, 4) is 0 Å². The number of ether oxygens (including phenoxy) is 3. The molecule has 1 saturated heterocycles. The predicted molar refractivity (Wildman–Crippen MR) is 63.6 cm³/mol. The second-order valence-electron chi connectivity index (χ2n) is 4.57. The first kappa shape index (κ1) is 19.1. The Kier molecular flexibility index (Phi) is 6.97. The molecule has 1 aliphatic rings. The molecule has 1 amide bonds. The number of aliphatic hydroxyl groups is 3. The fourth-order valence-electron chi connectivity index (χ4n) is 1.86. The molecule has 1 rings (SSSR count). The summed E-state index contributed by atoms with van der Waals surface area (Å²) in [5.41, 5.74) is 0. The standard InChI is InChI=1S/C11H18F3NO7/c1-20-2-3-21-9-6(15-10(19)11(12,13)14)8(18)7(17)5(4-16)22-9/h5-9,16-18H,2-4H2,1H3,(H,15,19)/t5-,6-,7+,8-,9-/m1/s1. The molecule has 11 heteroatoms. The lowest BCUT2D eigenvalue weighted by Crippen LogP contribution is -2.65. The number of rotatable bonds is 6. The number of aliphatic hydroxyl groups excluding tert-OH is 3. The van der Waals surface area contributed by atoms with Gasteiger partial charge in [0, 0.05) is 7.11 Å². The van der Waals surface area contributed by atoms with Gasteiger partial charge >= 0.3 is 12.1 Å². The van der Waals surface area contributed by atoms with Gasteiger partial charge in [-0.3, -0.25) is 4.79 Å². The molecule has 0 aliphatic carbocycles. The van der Waals surface area contributed by atoms with E-state index in [0.29, 0.717) is 0 Å². The Morgan fingerprint density at radius 3 is 2.41 bits per heavy atom. The van der Waals surface area contributed by atoms with Crippen molar-refractivity contribution in [2.45, 2.75) is 36.8 Å². The van der Waals surface area contributed by atoms with Crippen LogP contribution in [0.5, 0.6) is 0 Å². The zero-order valence-corrected chi connectivity index (χ0v) is 11.6. The van der Waals surface area contributed by atoms with Crippen molar-refractivity contribution < 1.29 is 47.5 Å². The molecule has 4 N–H and O–H groups in total. The Labute approximate surface area is 123 Å². The minimum absolute atomic E-state index is 0.0856. The number of amides is 1. The molecule has 5 atom stereocenters. The van der Waals surface area contributed by atoms with E-state index >= 15 is 0 Å². The van der Waals surface area contributed by atoms with Gasteiger partial charge in [-0.1, -0.05) is 0 Å². The van der Waals surface area contributed by atoms with Gasteiger partial charge in [-0.15, -0.1) is 0 Å². The van der Waals surface area contributed by atoms with Gasteiger partial charge in [0.1, 0.15) is 24.4 Å². The van der Waals surface area contributed by atoms with Crippen molar-refractivity contribution in [1.29, 1.82) is 0 Å². The zero-order chi connectivity index (χ0) is 16.9. The van der Waals surface area contributed by atoms with E-state index in [1.165, 1.54) is 12.4 Å². The van der Waals surface area contributed by atoms with Crippen molar-refractivity contribution in [3.05, 3.63) is 0 Å². The van der Waals surface area contributed by atoms with Crippen molar-refractivity contribution in [3.63, 3.8) is 0 Å². The average molecular weight is 333 g/mol. The normalized spacial score (nSPS) is 32.8. The minimum atomic E-state index is -5.17. The second kappa shape index (κ2) is 8.04. The highest BCUT2D eigenvalue weighted by Crippen LogP contribution is 2.24. The largest absolute Gasteiger partial charge is 0.471 e. The third-order valence-corrected chi connectivity index (χ3v) is 3.01. The molecule has 0 saturated carbocycles. The third-order valence-electron chi connectivity index (χ3n) is 3.01. The summed E-state index contributed by atoms with van der Waals surface area (Å²) in [5.74, 6) is -2.31. The van der Waals surface area contributed by atoms with Crippen LogP contribution in [0.15, 0.2) is 0 Å². The van der Waals surface area contributed by atoms with Crippen LogP contribution in [-0.4, -0.2) is 85.0 Å². The monoisotopic (exact) mass is 333 g/mol. The number of nitrogens with one attached hydrogen (secondary N) is 1. The Balaban J connectivity index is 2.83. The maximum absolute atomic E-state index is 12.3. The van der Waals surface area contributed by atoms with E-state index < -0.39 is 49.3 Å².